The zero-order chi connectivity index (χ0) is 9.10. The fourth-order valence-corrected chi connectivity index (χ4v) is 2.56. The first-order chi connectivity index (χ1) is 6.40. The Kier molecular flexibility index (Phi) is 2.93. The van der Waals surface area contributed by atoms with E-state index in [2.05, 4.69) is 10.3 Å². The van der Waals surface area contributed by atoms with Gasteiger partial charge in [0.1, 0.15) is 0 Å². The van der Waals surface area contributed by atoms with Crippen molar-refractivity contribution in [1.29, 1.82) is 0 Å². The molecule has 3 nitrogen and oxygen atoms in total. The molecule has 2 heterocycles. The fourth-order valence-electron chi connectivity index (χ4n) is 1.65. The van der Waals surface area contributed by atoms with E-state index in [-0.39, 0.29) is 6.61 Å². The predicted molar refractivity (Wildman–Crippen MR) is 52.9 cm³/mol. The van der Waals surface area contributed by atoms with Crippen LogP contribution in [-0.4, -0.2) is 23.2 Å². The number of hydrogen-bond acceptors (Lipinski definition) is 4. The molecule has 1 aromatic rings. The number of thiazole rings is 1. The summed E-state index contributed by atoms with van der Waals surface area (Å²) < 4.78 is 0. The van der Waals surface area contributed by atoms with Crippen LogP contribution >= 0.6 is 11.3 Å². The minimum Gasteiger partial charge on any atom is -0.391 e. The molecule has 1 aromatic heterocycles. The third-order valence-corrected chi connectivity index (χ3v) is 3.52. The maximum absolute atomic E-state index is 8.90. The summed E-state index contributed by atoms with van der Waals surface area (Å²) in [4.78, 5) is 5.30. The lowest BCUT2D eigenvalue weighted by atomic mass is 10.0. The van der Waals surface area contributed by atoms with Gasteiger partial charge in [0.05, 0.1) is 16.5 Å². The average Bonchev–Trinajstić information content (AvgIpc) is 2.67. The summed E-state index contributed by atoms with van der Waals surface area (Å²) in [7, 11) is 0. The van der Waals surface area contributed by atoms with Crippen LogP contribution in [0, 0.1) is 0 Å². The second kappa shape index (κ2) is 4.17. The minimum atomic E-state index is 0.123. The van der Waals surface area contributed by atoms with Crippen molar-refractivity contribution in [2.24, 2.45) is 0 Å². The van der Waals surface area contributed by atoms with Crippen LogP contribution in [-0.2, 0) is 6.61 Å². The Morgan fingerprint density at radius 2 is 2.62 bits per heavy atom. The van der Waals surface area contributed by atoms with Crippen molar-refractivity contribution >= 4 is 11.3 Å². The van der Waals surface area contributed by atoms with Gasteiger partial charge in [-0.15, -0.1) is 11.3 Å². The molecule has 0 aliphatic carbocycles. The highest BCUT2D eigenvalue weighted by molar-refractivity contribution is 7.11. The molecule has 2 rings (SSSR count). The van der Waals surface area contributed by atoms with E-state index in [0.717, 1.165) is 18.0 Å². The van der Waals surface area contributed by atoms with Gasteiger partial charge in [0.25, 0.3) is 0 Å². The normalized spacial score (nSPS) is 23.3. The Balaban J connectivity index is 2.05. The molecule has 13 heavy (non-hydrogen) atoms. The molecular formula is C9H14N2OS. The van der Waals surface area contributed by atoms with Gasteiger partial charge >= 0.3 is 0 Å². The largest absolute Gasteiger partial charge is 0.391 e. The standard InChI is InChI=1S/C9H14N2OS/c12-6-8-5-11-9(13-8)7-2-1-3-10-4-7/h5,7,10,12H,1-4,6H2. The molecule has 0 bridgehead atoms. The van der Waals surface area contributed by atoms with E-state index in [1.54, 1.807) is 17.5 Å². The van der Waals surface area contributed by atoms with Gasteiger partial charge in [-0.25, -0.2) is 4.98 Å². The van der Waals surface area contributed by atoms with Gasteiger partial charge in [-0.2, -0.15) is 0 Å². The van der Waals surface area contributed by atoms with Crippen LogP contribution in [0.1, 0.15) is 28.6 Å². The van der Waals surface area contributed by atoms with Crippen LogP contribution in [0.15, 0.2) is 6.20 Å². The first-order valence-electron chi connectivity index (χ1n) is 4.66. The average molecular weight is 198 g/mol. The zero-order valence-corrected chi connectivity index (χ0v) is 8.31. The summed E-state index contributed by atoms with van der Waals surface area (Å²) in [6, 6.07) is 0. The quantitative estimate of drug-likeness (QED) is 0.748. The molecule has 72 valence electrons. The first-order valence-corrected chi connectivity index (χ1v) is 5.48. The molecule has 0 saturated carbocycles. The molecule has 1 unspecified atom stereocenters. The van der Waals surface area contributed by atoms with Gasteiger partial charge in [-0.05, 0) is 19.4 Å². The van der Waals surface area contributed by atoms with Crippen LogP contribution in [0.25, 0.3) is 0 Å². The molecule has 1 saturated heterocycles. The van der Waals surface area contributed by atoms with Gasteiger partial charge in [-0.3, -0.25) is 0 Å². The maximum atomic E-state index is 8.90. The van der Waals surface area contributed by atoms with Gasteiger partial charge in [0, 0.05) is 18.7 Å². The summed E-state index contributed by atoms with van der Waals surface area (Å²) in [5, 5.41) is 13.4. The topological polar surface area (TPSA) is 45.2 Å². The van der Waals surface area contributed by atoms with E-state index in [9.17, 15) is 0 Å². The van der Waals surface area contributed by atoms with Crippen LogP contribution < -0.4 is 5.32 Å². The minimum absolute atomic E-state index is 0.123. The maximum Gasteiger partial charge on any atom is 0.0972 e. The number of aromatic nitrogens is 1. The Morgan fingerprint density at radius 3 is 3.23 bits per heavy atom. The van der Waals surface area contributed by atoms with Crippen molar-refractivity contribution in [1.82, 2.24) is 10.3 Å². The molecular weight excluding hydrogens is 184 g/mol. The summed E-state index contributed by atoms with van der Waals surface area (Å²) in [6.45, 7) is 2.30. The highest BCUT2D eigenvalue weighted by atomic mass is 32.1. The number of nitrogens with one attached hydrogen (secondary N) is 1. The highest BCUT2D eigenvalue weighted by Crippen LogP contribution is 2.26. The van der Waals surface area contributed by atoms with E-state index in [1.165, 1.54) is 17.8 Å². The number of aliphatic hydroxyl groups is 1. The van der Waals surface area contributed by atoms with Crippen molar-refractivity contribution in [2.75, 3.05) is 13.1 Å². The molecule has 1 aliphatic heterocycles. The Labute approximate surface area is 81.8 Å². The Bertz CT molecular complexity index is 268. The molecule has 0 radical (unpaired) electrons. The predicted octanol–water partition coefficient (Wildman–Crippen LogP) is 1.10. The van der Waals surface area contributed by atoms with Gasteiger partial charge in [0.2, 0.25) is 0 Å². The zero-order valence-electron chi connectivity index (χ0n) is 7.49. The third-order valence-electron chi connectivity index (χ3n) is 2.37. The van der Waals surface area contributed by atoms with Gasteiger partial charge in [-0.1, -0.05) is 0 Å². The van der Waals surface area contributed by atoms with Crippen LogP contribution in [0.2, 0.25) is 0 Å². The van der Waals surface area contributed by atoms with E-state index in [1.807, 2.05) is 0 Å². The second-order valence-corrected chi connectivity index (χ2v) is 4.51. The number of nitrogens with zero attached hydrogens (tertiary/aromatic N) is 1. The number of aliphatic hydroxyl groups excluding tert-OH is 1. The number of rotatable bonds is 2. The number of piperidine rings is 1. The summed E-state index contributed by atoms with van der Waals surface area (Å²) in [6.07, 6.45) is 4.25. The van der Waals surface area contributed by atoms with Crippen molar-refractivity contribution in [3.63, 3.8) is 0 Å². The summed E-state index contributed by atoms with van der Waals surface area (Å²) >= 11 is 1.64. The van der Waals surface area contributed by atoms with Crippen LogP contribution in [0.4, 0.5) is 0 Å². The lowest BCUT2D eigenvalue weighted by molar-refractivity contribution is 0.285. The molecule has 2 N–H and O–H groups in total. The van der Waals surface area contributed by atoms with Crippen molar-refractivity contribution in [3.8, 4) is 0 Å². The lowest BCUT2D eigenvalue weighted by Gasteiger charge is -2.20. The second-order valence-electron chi connectivity index (χ2n) is 3.37. The van der Waals surface area contributed by atoms with E-state index >= 15 is 0 Å². The van der Waals surface area contributed by atoms with Crippen molar-refractivity contribution in [3.05, 3.63) is 16.1 Å². The van der Waals surface area contributed by atoms with Gasteiger partial charge < -0.3 is 10.4 Å². The van der Waals surface area contributed by atoms with E-state index in [0.29, 0.717) is 5.92 Å². The molecule has 0 spiro atoms. The molecule has 1 fully saturated rings. The Morgan fingerprint density at radius 1 is 1.69 bits per heavy atom. The first kappa shape index (κ1) is 9.12. The van der Waals surface area contributed by atoms with Crippen molar-refractivity contribution in [2.45, 2.75) is 25.4 Å². The van der Waals surface area contributed by atoms with Crippen LogP contribution in [0.5, 0.6) is 0 Å². The monoisotopic (exact) mass is 198 g/mol. The molecule has 0 amide bonds. The van der Waals surface area contributed by atoms with Gasteiger partial charge in [0.15, 0.2) is 0 Å². The highest BCUT2D eigenvalue weighted by Gasteiger charge is 2.17. The van der Waals surface area contributed by atoms with Crippen LogP contribution in [0.3, 0.4) is 0 Å². The van der Waals surface area contributed by atoms with E-state index < -0.39 is 0 Å². The molecule has 0 aromatic carbocycles. The third kappa shape index (κ3) is 2.07. The van der Waals surface area contributed by atoms with E-state index in [4.69, 9.17) is 5.11 Å². The fraction of sp³-hybridized carbons (Fsp3) is 0.667. The molecule has 1 atom stereocenters. The SMILES string of the molecule is OCc1cnc(C2CCCNC2)s1. The number of hydrogen-bond donors (Lipinski definition) is 2. The van der Waals surface area contributed by atoms with Crippen molar-refractivity contribution < 1.29 is 5.11 Å². The summed E-state index contributed by atoms with van der Waals surface area (Å²) in [5.74, 6) is 0.569. The smallest absolute Gasteiger partial charge is 0.0972 e. The Hall–Kier alpha value is -0.450. The lowest BCUT2D eigenvalue weighted by Crippen LogP contribution is -2.28. The molecule has 4 heteroatoms. The summed E-state index contributed by atoms with van der Waals surface area (Å²) in [5.41, 5.74) is 0. The molecule has 1 aliphatic rings.